The van der Waals surface area contributed by atoms with Crippen LogP contribution in [0.5, 0.6) is 5.06 Å². The summed E-state index contributed by atoms with van der Waals surface area (Å²) in [5.41, 5.74) is 5.47. The van der Waals surface area contributed by atoms with Crippen LogP contribution >= 0.6 is 11.3 Å². The number of hydrogen-bond acceptors (Lipinski definition) is 4. The number of carboxylic acids is 1. The van der Waals surface area contributed by atoms with E-state index in [9.17, 15) is 4.79 Å². The van der Waals surface area contributed by atoms with Gasteiger partial charge in [-0.1, -0.05) is 11.3 Å². The minimum atomic E-state index is -0.930. The SMILES string of the molecule is CC(N)COc1ccc(C(=O)O)s1. The van der Waals surface area contributed by atoms with Gasteiger partial charge in [-0.25, -0.2) is 4.79 Å². The fourth-order valence-electron chi connectivity index (χ4n) is 0.726. The third-order valence-electron chi connectivity index (χ3n) is 1.28. The number of carbonyl (C=O) groups is 1. The minimum Gasteiger partial charge on any atom is -0.482 e. The highest BCUT2D eigenvalue weighted by atomic mass is 32.1. The molecule has 1 atom stereocenters. The Balaban J connectivity index is 2.54. The molecule has 72 valence electrons. The van der Waals surface area contributed by atoms with Gasteiger partial charge in [0.2, 0.25) is 0 Å². The third-order valence-corrected chi connectivity index (χ3v) is 2.27. The molecule has 1 aromatic rings. The highest BCUT2D eigenvalue weighted by Gasteiger charge is 2.07. The smallest absolute Gasteiger partial charge is 0.345 e. The Morgan fingerprint density at radius 2 is 2.46 bits per heavy atom. The quantitative estimate of drug-likeness (QED) is 0.767. The van der Waals surface area contributed by atoms with Gasteiger partial charge in [0.25, 0.3) is 0 Å². The van der Waals surface area contributed by atoms with Gasteiger partial charge in [0.1, 0.15) is 11.5 Å². The monoisotopic (exact) mass is 201 g/mol. The lowest BCUT2D eigenvalue weighted by Crippen LogP contribution is -2.23. The van der Waals surface area contributed by atoms with Gasteiger partial charge >= 0.3 is 5.97 Å². The lowest BCUT2D eigenvalue weighted by atomic mass is 10.4. The van der Waals surface area contributed by atoms with E-state index in [1.54, 1.807) is 6.07 Å². The predicted octanol–water partition coefficient (Wildman–Crippen LogP) is 1.17. The second-order valence-corrected chi connectivity index (χ2v) is 3.76. The van der Waals surface area contributed by atoms with E-state index in [0.717, 1.165) is 11.3 Å². The van der Waals surface area contributed by atoms with E-state index in [-0.39, 0.29) is 10.9 Å². The van der Waals surface area contributed by atoms with E-state index in [1.807, 2.05) is 6.92 Å². The van der Waals surface area contributed by atoms with Crippen molar-refractivity contribution in [2.45, 2.75) is 13.0 Å². The molecular weight excluding hydrogens is 190 g/mol. The maximum absolute atomic E-state index is 10.5. The number of carboxylic acid groups (broad SMARTS) is 1. The van der Waals surface area contributed by atoms with Crippen LogP contribution in [0.4, 0.5) is 0 Å². The van der Waals surface area contributed by atoms with Crippen LogP contribution in [0.2, 0.25) is 0 Å². The van der Waals surface area contributed by atoms with Gasteiger partial charge in [0.15, 0.2) is 5.06 Å². The van der Waals surface area contributed by atoms with Crippen LogP contribution in [0.25, 0.3) is 0 Å². The molecule has 0 aliphatic carbocycles. The average molecular weight is 201 g/mol. The zero-order valence-electron chi connectivity index (χ0n) is 7.19. The molecule has 3 N–H and O–H groups in total. The standard InChI is InChI=1S/C8H11NO3S/c1-5(9)4-12-7-3-2-6(13-7)8(10)11/h2-3,5H,4,9H2,1H3,(H,10,11). The van der Waals surface area contributed by atoms with Crippen LogP contribution in [0.15, 0.2) is 12.1 Å². The Bertz CT molecular complexity index is 295. The number of aromatic carboxylic acids is 1. The molecule has 0 radical (unpaired) electrons. The van der Waals surface area contributed by atoms with E-state index < -0.39 is 5.97 Å². The van der Waals surface area contributed by atoms with Crippen molar-refractivity contribution < 1.29 is 14.6 Å². The summed E-state index contributed by atoms with van der Waals surface area (Å²) in [6.45, 7) is 2.23. The van der Waals surface area contributed by atoms with E-state index in [2.05, 4.69) is 0 Å². The van der Waals surface area contributed by atoms with Crippen molar-refractivity contribution in [3.8, 4) is 5.06 Å². The Kier molecular flexibility index (Phi) is 3.27. The summed E-state index contributed by atoms with van der Waals surface area (Å²) in [7, 11) is 0. The third kappa shape index (κ3) is 3.04. The molecule has 0 bridgehead atoms. The van der Waals surface area contributed by atoms with Crippen molar-refractivity contribution >= 4 is 17.3 Å². The Labute approximate surface area is 79.9 Å². The number of ether oxygens (including phenoxy) is 1. The van der Waals surface area contributed by atoms with E-state index >= 15 is 0 Å². The molecule has 1 rings (SSSR count). The zero-order valence-corrected chi connectivity index (χ0v) is 8.00. The summed E-state index contributed by atoms with van der Waals surface area (Å²) in [6.07, 6.45) is 0. The summed E-state index contributed by atoms with van der Waals surface area (Å²) in [6, 6.07) is 3.11. The average Bonchev–Trinajstić information content (AvgIpc) is 2.48. The van der Waals surface area contributed by atoms with Crippen LogP contribution in [0.3, 0.4) is 0 Å². The first-order chi connectivity index (χ1) is 6.09. The van der Waals surface area contributed by atoms with Gasteiger partial charge in [-0.05, 0) is 19.1 Å². The zero-order chi connectivity index (χ0) is 9.84. The first-order valence-corrected chi connectivity index (χ1v) is 4.62. The fraction of sp³-hybridized carbons (Fsp3) is 0.375. The van der Waals surface area contributed by atoms with E-state index in [4.69, 9.17) is 15.6 Å². The topological polar surface area (TPSA) is 72.5 Å². The molecule has 0 aliphatic heterocycles. The number of rotatable bonds is 4. The van der Waals surface area contributed by atoms with Crippen molar-refractivity contribution in [2.24, 2.45) is 5.73 Å². The Morgan fingerprint density at radius 1 is 1.77 bits per heavy atom. The van der Waals surface area contributed by atoms with Crippen LogP contribution < -0.4 is 10.5 Å². The molecule has 0 amide bonds. The van der Waals surface area contributed by atoms with E-state index in [0.29, 0.717) is 11.7 Å². The Hall–Kier alpha value is -1.07. The predicted molar refractivity (Wildman–Crippen MR) is 50.4 cm³/mol. The highest BCUT2D eigenvalue weighted by Crippen LogP contribution is 2.24. The van der Waals surface area contributed by atoms with Crippen LogP contribution in [-0.4, -0.2) is 23.7 Å². The lowest BCUT2D eigenvalue weighted by Gasteiger charge is -2.04. The van der Waals surface area contributed by atoms with Gasteiger partial charge in [0, 0.05) is 6.04 Å². The summed E-state index contributed by atoms with van der Waals surface area (Å²) >= 11 is 1.11. The van der Waals surface area contributed by atoms with Gasteiger partial charge < -0.3 is 15.6 Å². The molecule has 1 heterocycles. The normalized spacial score (nSPS) is 12.5. The molecule has 0 aliphatic rings. The van der Waals surface area contributed by atoms with Crippen molar-refractivity contribution in [3.63, 3.8) is 0 Å². The largest absolute Gasteiger partial charge is 0.482 e. The van der Waals surface area contributed by atoms with Crippen molar-refractivity contribution in [1.82, 2.24) is 0 Å². The summed E-state index contributed by atoms with van der Waals surface area (Å²) < 4.78 is 5.23. The molecule has 4 nitrogen and oxygen atoms in total. The maximum atomic E-state index is 10.5. The lowest BCUT2D eigenvalue weighted by molar-refractivity contribution is 0.0702. The molecule has 1 aromatic heterocycles. The Morgan fingerprint density at radius 3 is 2.92 bits per heavy atom. The molecule has 5 heteroatoms. The van der Waals surface area contributed by atoms with Crippen LogP contribution in [0.1, 0.15) is 16.6 Å². The second-order valence-electron chi connectivity index (χ2n) is 2.71. The minimum absolute atomic E-state index is 0.0459. The molecule has 0 spiro atoms. The molecule has 0 fully saturated rings. The number of thiophene rings is 1. The van der Waals surface area contributed by atoms with Gasteiger partial charge in [-0.2, -0.15) is 0 Å². The van der Waals surface area contributed by atoms with Gasteiger partial charge in [-0.3, -0.25) is 0 Å². The van der Waals surface area contributed by atoms with Gasteiger partial charge in [0.05, 0.1) is 0 Å². The fourth-order valence-corrected chi connectivity index (χ4v) is 1.43. The molecule has 0 saturated heterocycles. The summed E-state index contributed by atoms with van der Waals surface area (Å²) in [5.74, 6) is -0.930. The number of nitrogens with two attached hydrogens (primary N) is 1. The second kappa shape index (κ2) is 4.25. The summed E-state index contributed by atoms with van der Waals surface area (Å²) in [4.78, 5) is 10.8. The summed E-state index contributed by atoms with van der Waals surface area (Å²) in [5, 5.41) is 9.20. The van der Waals surface area contributed by atoms with E-state index in [1.165, 1.54) is 6.07 Å². The first kappa shape index (κ1) is 10.0. The van der Waals surface area contributed by atoms with Crippen LogP contribution in [-0.2, 0) is 0 Å². The molecule has 0 aromatic carbocycles. The van der Waals surface area contributed by atoms with Crippen LogP contribution in [0, 0.1) is 0 Å². The van der Waals surface area contributed by atoms with Crippen molar-refractivity contribution in [3.05, 3.63) is 17.0 Å². The molecule has 1 unspecified atom stereocenters. The highest BCUT2D eigenvalue weighted by molar-refractivity contribution is 7.15. The number of hydrogen-bond donors (Lipinski definition) is 2. The maximum Gasteiger partial charge on any atom is 0.345 e. The van der Waals surface area contributed by atoms with Crippen molar-refractivity contribution in [2.75, 3.05) is 6.61 Å². The van der Waals surface area contributed by atoms with Gasteiger partial charge in [-0.15, -0.1) is 0 Å². The van der Waals surface area contributed by atoms with Crippen molar-refractivity contribution in [1.29, 1.82) is 0 Å². The molecule has 0 saturated carbocycles. The molecular formula is C8H11NO3S. The first-order valence-electron chi connectivity index (χ1n) is 3.81. The molecule has 13 heavy (non-hydrogen) atoms.